The molecule has 44 heavy (non-hydrogen) atoms. The average Bonchev–Trinajstić information content (AvgIpc) is 2.95. The second-order valence-electron chi connectivity index (χ2n) is 11.3. The molecule has 2 atom stereocenters. The standard InChI is InChI=1S/C29H34F5N7O3/c1-5-6-16-9-14(2)44-26-19-24(22(31)23(38-26)17-10-18(35)21(30)15(3)20(17)29(32,33)34)39-27(40-25(19)37-8-7-36-16)41-11-28(42,12-41)13-43-4/h5,10,14,16,36,42H,1,6-9,11-13,35H2,2-4H3,(H,37,39,40)/t14-,16?/m0/s1. The molecule has 1 unspecified atom stereocenters. The van der Waals surface area contributed by atoms with Gasteiger partial charge in [0.25, 0.3) is 0 Å². The van der Waals surface area contributed by atoms with Crippen LogP contribution in [-0.4, -0.2) is 77.7 Å². The number of pyridine rings is 1. The molecule has 10 nitrogen and oxygen atoms in total. The fourth-order valence-electron chi connectivity index (χ4n) is 5.76. The Morgan fingerprint density at radius 2 is 1.95 bits per heavy atom. The summed E-state index contributed by atoms with van der Waals surface area (Å²) in [6.07, 6.45) is -2.76. The number of nitrogen functional groups attached to an aromatic ring is 1. The molecular formula is C29H34F5N7O3. The first-order valence-electron chi connectivity index (χ1n) is 14.0. The van der Waals surface area contributed by atoms with Gasteiger partial charge in [-0.2, -0.15) is 18.2 Å². The van der Waals surface area contributed by atoms with Crippen LogP contribution in [0.5, 0.6) is 5.88 Å². The van der Waals surface area contributed by atoms with Crippen molar-refractivity contribution in [1.29, 1.82) is 0 Å². The molecule has 0 aliphatic carbocycles. The lowest BCUT2D eigenvalue weighted by Crippen LogP contribution is -2.64. The second kappa shape index (κ2) is 11.9. The Bertz CT molecular complexity index is 1580. The van der Waals surface area contributed by atoms with E-state index in [-0.39, 0.29) is 54.3 Å². The van der Waals surface area contributed by atoms with Crippen molar-refractivity contribution in [1.82, 2.24) is 20.3 Å². The van der Waals surface area contributed by atoms with Crippen LogP contribution in [0.4, 0.5) is 39.4 Å². The van der Waals surface area contributed by atoms with Crippen LogP contribution < -0.4 is 26.0 Å². The van der Waals surface area contributed by atoms with E-state index in [2.05, 4.69) is 32.2 Å². The number of nitrogens with two attached hydrogens (primary N) is 1. The Morgan fingerprint density at radius 3 is 2.61 bits per heavy atom. The van der Waals surface area contributed by atoms with Gasteiger partial charge in [0.15, 0.2) is 5.82 Å². The SMILES string of the molecule is C=CCC1C[C@H](C)Oc2nc(-c3cc(N)c(F)c(C)c3C(F)(F)F)c(F)c3nc(N4CC(O)(COC)C4)nc(c23)NCCN1. The van der Waals surface area contributed by atoms with Crippen LogP contribution in [0.15, 0.2) is 18.7 Å². The molecule has 2 aliphatic rings. The summed E-state index contributed by atoms with van der Waals surface area (Å²) in [5, 5.41) is 17.2. The summed E-state index contributed by atoms with van der Waals surface area (Å²) in [4.78, 5) is 14.8. The number of nitrogens with one attached hydrogen (secondary N) is 2. The molecule has 1 fully saturated rings. The van der Waals surface area contributed by atoms with Crippen molar-refractivity contribution in [2.24, 2.45) is 0 Å². The minimum atomic E-state index is -5.07. The average molecular weight is 624 g/mol. The number of nitrogens with zero attached hydrogens (tertiary/aromatic N) is 4. The zero-order valence-electron chi connectivity index (χ0n) is 24.5. The van der Waals surface area contributed by atoms with Crippen molar-refractivity contribution in [3.63, 3.8) is 0 Å². The van der Waals surface area contributed by atoms with Crippen molar-refractivity contribution >= 4 is 28.4 Å². The first kappa shape index (κ1) is 31.6. The normalized spacial score (nSPS) is 20.3. The van der Waals surface area contributed by atoms with E-state index in [9.17, 15) is 22.7 Å². The molecule has 0 radical (unpaired) electrons. The van der Waals surface area contributed by atoms with E-state index in [0.717, 1.165) is 13.0 Å². The Balaban J connectivity index is 1.76. The smallest absolute Gasteiger partial charge is 0.417 e. The predicted octanol–water partition coefficient (Wildman–Crippen LogP) is 4.19. The number of hydrogen-bond acceptors (Lipinski definition) is 10. The highest BCUT2D eigenvalue weighted by atomic mass is 19.4. The summed E-state index contributed by atoms with van der Waals surface area (Å²) in [5.41, 5.74) is -0.137. The van der Waals surface area contributed by atoms with E-state index in [1.807, 2.05) is 0 Å². The summed E-state index contributed by atoms with van der Waals surface area (Å²) in [6.45, 7) is 7.50. The predicted molar refractivity (Wildman–Crippen MR) is 156 cm³/mol. The fourth-order valence-corrected chi connectivity index (χ4v) is 5.76. The lowest BCUT2D eigenvalue weighted by Gasteiger charge is -2.46. The van der Waals surface area contributed by atoms with Gasteiger partial charge in [-0.25, -0.2) is 18.7 Å². The Morgan fingerprint density at radius 1 is 1.23 bits per heavy atom. The van der Waals surface area contributed by atoms with Gasteiger partial charge in [-0.1, -0.05) is 6.08 Å². The first-order valence-corrected chi connectivity index (χ1v) is 14.0. The molecule has 4 heterocycles. The van der Waals surface area contributed by atoms with Gasteiger partial charge in [0.05, 0.1) is 37.1 Å². The maximum atomic E-state index is 16.6. The Hall–Kier alpha value is -3.82. The van der Waals surface area contributed by atoms with E-state index >= 15 is 4.39 Å². The zero-order valence-corrected chi connectivity index (χ0v) is 24.5. The maximum absolute atomic E-state index is 16.6. The Labute approximate surface area is 250 Å². The topological polar surface area (TPSA) is 131 Å². The molecule has 0 saturated carbocycles. The van der Waals surface area contributed by atoms with E-state index in [1.165, 1.54) is 7.11 Å². The van der Waals surface area contributed by atoms with Gasteiger partial charge in [0, 0.05) is 31.8 Å². The third-order valence-electron chi connectivity index (χ3n) is 7.70. The summed E-state index contributed by atoms with van der Waals surface area (Å²) < 4.78 is 85.4. The van der Waals surface area contributed by atoms with Gasteiger partial charge < -0.3 is 35.8 Å². The van der Waals surface area contributed by atoms with Crippen LogP contribution in [0.2, 0.25) is 0 Å². The van der Waals surface area contributed by atoms with Crippen molar-refractivity contribution in [2.45, 2.75) is 50.6 Å². The van der Waals surface area contributed by atoms with E-state index in [4.69, 9.17) is 15.2 Å². The number of anilines is 3. The van der Waals surface area contributed by atoms with Gasteiger partial charge in [0.1, 0.15) is 33.8 Å². The summed E-state index contributed by atoms with van der Waals surface area (Å²) in [6, 6.07) is 0.675. The number of methoxy groups -OCH3 is 1. The molecule has 1 saturated heterocycles. The minimum Gasteiger partial charge on any atom is -0.474 e. The fraction of sp³-hybridized carbons (Fsp3) is 0.483. The maximum Gasteiger partial charge on any atom is 0.417 e. The van der Waals surface area contributed by atoms with Crippen LogP contribution in [0, 0.1) is 18.6 Å². The van der Waals surface area contributed by atoms with Gasteiger partial charge in [-0.15, -0.1) is 6.58 Å². The molecule has 2 aromatic heterocycles. The monoisotopic (exact) mass is 623 g/mol. The molecule has 1 aromatic carbocycles. The molecular weight excluding hydrogens is 589 g/mol. The minimum absolute atomic E-state index is 0.0223. The number of rotatable bonds is 6. The van der Waals surface area contributed by atoms with E-state index < -0.39 is 57.6 Å². The van der Waals surface area contributed by atoms with E-state index in [0.29, 0.717) is 25.9 Å². The number of benzene rings is 1. The van der Waals surface area contributed by atoms with Gasteiger partial charge in [0.2, 0.25) is 11.8 Å². The largest absolute Gasteiger partial charge is 0.474 e. The molecule has 0 spiro atoms. The second-order valence-corrected chi connectivity index (χ2v) is 11.3. The van der Waals surface area contributed by atoms with Gasteiger partial charge in [-0.05, 0) is 38.3 Å². The highest BCUT2D eigenvalue weighted by molar-refractivity contribution is 5.97. The molecule has 238 valence electrons. The van der Waals surface area contributed by atoms with Gasteiger partial charge >= 0.3 is 6.18 Å². The number of halogens is 5. The summed E-state index contributed by atoms with van der Waals surface area (Å²) in [5.74, 6) is -2.50. The quantitative estimate of drug-likeness (QED) is 0.180. The van der Waals surface area contributed by atoms with Gasteiger partial charge in [-0.3, -0.25) is 0 Å². The molecule has 5 N–H and O–H groups in total. The number of aromatic nitrogens is 3. The third kappa shape index (κ3) is 5.95. The van der Waals surface area contributed by atoms with Crippen molar-refractivity contribution in [2.75, 3.05) is 55.8 Å². The van der Waals surface area contributed by atoms with Crippen molar-refractivity contribution < 1.29 is 36.5 Å². The number of hydrogen-bond donors (Lipinski definition) is 4. The molecule has 0 amide bonds. The molecule has 15 heteroatoms. The molecule has 2 aliphatic heterocycles. The van der Waals surface area contributed by atoms with Crippen LogP contribution in [-0.2, 0) is 10.9 Å². The lowest BCUT2D eigenvalue weighted by molar-refractivity contribution is -0.137. The molecule has 0 bridgehead atoms. The first-order chi connectivity index (χ1) is 20.8. The van der Waals surface area contributed by atoms with Crippen molar-refractivity contribution in [3.05, 3.63) is 41.5 Å². The van der Waals surface area contributed by atoms with Crippen LogP contribution in [0.3, 0.4) is 0 Å². The molecule has 3 aromatic rings. The Kier molecular flexibility index (Phi) is 8.57. The van der Waals surface area contributed by atoms with Crippen LogP contribution >= 0.6 is 0 Å². The number of aliphatic hydroxyl groups is 1. The number of ether oxygens (including phenoxy) is 2. The van der Waals surface area contributed by atoms with Crippen molar-refractivity contribution in [3.8, 4) is 17.1 Å². The number of β-amino-alcohol motifs (C(OH)–C–C–N with tert-alkyl or cyclic N) is 1. The van der Waals surface area contributed by atoms with E-state index in [1.54, 1.807) is 17.9 Å². The lowest BCUT2D eigenvalue weighted by atomic mass is 9.95. The molecule has 5 rings (SSSR count). The number of alkyl halides is 3. The third-order valence-corrected chi connectivity index (χ3v) is 7.70. The highest BCUT2D eigenvalue weighted by Gasteiger charge is 2.43. The van der Waals surface area contributed by atoms with Crippen LogP contribution in [0.1, 0.15) is 30.9 Å². The highest BCUT2D eigenvalue weighted by Crippen LogP contribution is 2.45. The summed E-state index contributed by atoms with van der Waals surface area (Å²) in [7, 11) is 1.45. The summed E-state index contributed by atoms with van der Waals surface area (Å²) >= 11 is 0. The van der Waals surface area contributed by atoms with Crippen LogP contribution in [0.25, 0.3) is 22.2 Å². The zero-order chi connectivity index (χ0) is 32.0.